The number of carbonyl (C=O) groups is 1. The van der Waals surface area contributed by atoms with Gasteiger partial charge in [0.25, 0.3) is 0 Å². The Balaban J connectivity index is 0.000000150. The lowest BCUT2D eigenvalue weighted by molar-refractivity contribution is 0.0482. The van der Waals surface area contributed by atoms with E-state index in [0.29, 0.717) is 17.9 Å². The number of hydrogen-bond donors (Lipinski definition) is 2. The number of likely N-dealkylation sites (N-methyl/N-ethyl adjacent to an activating group) is 1. The Hall–Kier alpha value is -5.45. The van der Waals surface area contributed by atoms with Gasteiger partial charge in [0.1, 0.15) is 12.4 Å². The minimum absolute atomic E-state index is 0.308. The van der Waals surface area contributed by atoms with Crippen LogP contribution in [0.1, 0.15) is 82.3 Å². The number of nitrogen functional groups attached to an aromatic ring is 1. The van der Waals surface area contributed by atoms with Gasteiger partial charge in [0.2, 0.25) is 0 Å². The van der Waals surface area contributed by atoms with Crippen LogP contribution in [0.15, 0.2) is 101 Å². The number of ether oxygens (including phenoxy) is 2. The van der Waals surface area contributed by atoms with E-state index in [9.17, 15) is 4.79 Å². The van der Waals surface area contributed by atoms with Crippen molar-refractivity contribution in [2.24, 2.45) is 15.9 Å². The van der Waals surface area contributed by atoms with Crippen LogP contribution in [0.5, 0.6) is 5.75 Å². The molecule has 8 rings (SSSR count). The number of pyridine rings is 1. The Kier molecular flexibility index (Phi) is 15.5. The van der Waals surface area contributed by atoms with Crippen molar-refractivity contribution in [2.75, 3.05) is 52.0 Å². The number of hydrogen-bond acceptors (Lipinski definition) is 10. The molecule has 4 aromatic carbocycles. The van der Waals surface area contributed by atoms with Gasteiger partial charge in [-0.25, -0.2) is 4.79 Å². The molecular weight excluding hydrogens is 741 g/mol. The summed E-state index contributed by atoms with van der Waals surface area (Å²) in [5.74, 6) is 1.48. The number of nitrogens with zero attached hydrogens (tertiary/aromatic N) is 4. The van der Waals surface area contributed by atoms with E-state index < -0.39 is 0 Å². The monoisotopic (exact) mass is 796 g/mol. The zero-order valence-electron chi connectivity index (χ0n) is 34.1. The lowest BCUT2D eigenvalue weighted by Crippen LogP contribution is -2.20. The predicted octanol–water partition coefficient (Wildman–Crippen LogP) is 9.32. The third-order valence-corrected chi connectivity index (χ3v) is 10.9. The van der Waals surface area contributed by atoms with E-state index in [-0.39, 0.29) is 5.97 Å². The first-order valence-electron chi connectivity index (χ1n) is 20.3. The lowest BCUT2D eigenvalue weighted by atomic mass is 9.87. The van der Waals surface area contributed by atoms with Crippen LogP contribution >= 0.6 is 12.2 Å². The molecule has 0 atom stereocenters. The number of carbonyl (C=O) groups excluding carboxylic acids is 1. The molecule has 58 heavy (non-hydrogen) atoms. The highest BCUT2D eigenvalue weighted by atomic mass is 32.1. The Morgan fingerprint density at radius 3 is 2.14 bits per heavy atom. The maximum atomic E-state index is 11.5. The van der Waals surface area contributed by atoms with Crippen molar-refractivity contribution in [1.82, 2.24) is 9.88 Å². The fraction of sp³-hybridized carbons (Fsp3) is 0.354. The molecule has 9 nitrogen and oxygen atoms in total. The zero-order chi connectivity index (χ0) is 40.7. The molecule has 1 aliphatic carbocycles. The SMILES string of the molecule is CN(C)CCOC(=O)c1ccc(N)cc1.COc1cc(NCCC2CCCCC2)c2ncccc2c1.S=C(Cc1ccc2c(c1)CN=C2)Cc1ccc2c(c1)CN=C2. The molecule has 2 aliphatic heterocycles. The molecule has 0 unspecified atom stereocenters. The first kappa shape index (κ1) is 42.2. The molecular formula is C48H56N6O3S. The van der Waals surface area contributed by atoms with Crippen molar-refractivity contribution in [1.29, 1.82) is 0 Å². The van der Waals surface area contributed by atoms with Crippen LogP contribution in [-0.2, 0) is 30.7 Å². The number of aromatic nitrogens is 1. The Labute approximate surface area is 348 Å². The van der Waals surface area contributed by atoms with Gasteiger partial charge in [0, 0.05) is 66.6 Å². The van der Waals surface area contributed by atoms with Crippen molar-refractivity contribution < 1.29 is 14.3 Å². The average molecular weight is 797 g/mol. The highest BCUT2D eigenvalue weighted by molar-refractivity contribution is 7.80. The molecule has 10 heteroatoms. The van der Waals surface area contributed by atoms with Gasteiger partial charge in [-0.05, 0) is 96.2 Å². The Bertz CT molecular complexity index is 2140. The zero-order valence-corrected chi connectivity index (χ0v) is 34.9. The summed E-state index contributed by atoms with van der Waals surface area (Å²) in [5, 5.41) is 4.69. The van der Waals surface area contributed by atoms with Gasteiger partial charge < -0.3 is 25.4 Å². The van der Waals surface area contributed by atoms with Gasteiger partial charge >= 0.3 is 5.97 Å². The number of aliphatic imine (C=N–C) groups is 2. The molecule has 3 aliphatic rings. The molecule has 0 amide bonds. The summed E-state index contributed by atoms with van der Waals surface area (Å²) >= 11 is 5.61. The quantitative estimate of drug-likeness (QED) is 0.0689. The molecule has 5 aromatic rings. The maximum Gasteiger partial charge on any atom is 0.338 e. The number of thiocarbonyl (C=S) groups is 1. The predicted molar refractivity (Wildman–Crippen MR) is 243 cm³/mol. The van der Waals surface area contributed by atoms with Crippen LogP contribution < -0.4 is 15.8 Å². The minimum atomic E-state index is -0.308. The van der Waals surface area contributed by atoms with E-state index in [0.717, 1.165) is 72.1 Å². The standard InChI is InChI=1S/C19H16N2S.C18H24N2O.C11H16N2O2/c22-19(7-13-1-3-15-9-20-11-17(15)5-13)8-14-2-4-16-10-21-12-18(16)6-14;1-21-16-12-15-8-5-10-20-18(15)17(13-16)19-11-9-14-6-3-2-4-7-14;1-13(2)7-8-15-11(14)9-3-5-10(12)6-4-9/h1-6,9-10H,7-8,11-12H2;5,8,10,12-14,19H,2-4,6-7,9,11H2,1H3;3-6H,7-8,12H2,1-2H3. The summed E-state index contributed by atoms with van der Waals surface area (Å²) in [6.07, 6.45) is 15.8. The van der Waals surface area contributed by atoms with Gasteiger partial charge in [-0.1, -0.05) is 86.8 Å². The summed E-state index contributed by atoms with van der Waals surface area (Å²) in [6, 6.07) is 27.9. The van der Waals surface area contributed by atoms with E-state index in [1.54, 1.807) is 31.4 Å². The molecule has 1 fully saturated rings. The second-order valence-electron chi connectivity index (χ2n) is 15.4. The highest BCUT2D eigenvalue weighted by Gasteiger charge is 2.14. The van der Waals surface area contributed by atoms with Gasteiger partial charge in [-0.2, -0.15) is 0 Å². The van der Waals surface area contributed by atoms with Crippen LogP contribution in [0.4, 0.5) is 11.4 Å². The van der Waals surface area contributed by atoms with Crippen molar-refractivity contribution in [3.63, 3.8) is 0 Å². The van der Waals surface area contributed by atoms with Crippen LogP contribution in [-0.4, -0.2) is 74.0 Å². The van der Waals surface area contributed by atoms with E-state index in [4.69, 9.17) is 27.4 Å². The number of anilines is 2. The molecule has 302 valence electrons. The smallest absolute Gasteiger partial charge is 0.338 e. The number of fused-ring (bicyclic) bond motifs is 3. The fourth-order valence-corrected chi connectivity index (χ4v) is 7.73. The molecule has 0 saturated heterocycles. The van der Waals surface area contributed by atoms with Crippen molar-refractivity contribution in [2.45, 2.75) is 64.5 Å². The molecule has 1 saturated carbocycles. The summed E-state index contributed by atoms with van der Waals surface area (Å²) in [6.45, 7) is 3.75. The summed E-state index contributed by atoms with van der Waals surface area (Å²) in [4.78, 5) is 27.6. The first-order chi connectivity index (χ1) is 28.2. The number of esters is 1. The minimum Gasteiger partial charge on any atom is -0.497 e. The van der Waals surface area contributed by atoms with Crippen LogP contribution in [0.2, 0.25) is 0 Å². The topological polar surface area (TPSA) is 114 Å². The third kappa shape index (κ3) is 12.5. The number of rotatable bonds is 13. The number of nitrogens with one attached hydrogen (secondary N) is 1. The normalized spacial score (nSPS) is 13.9. The maximum absolute atomic E-state index is 11.5. The first-order valence-corrected chi connectivity index (χ1v) is 20.7. The molecule has 0 bridgehead atoms. The van der Waals surface area contributed by atoms with Gasteiger partial charge in [0.05, 0.1) is 37.0 Å². The molecule has 3 N–H and O–H groups in total. The van der Waals surface area contributed by atoms with Gasteiger partial charge in [-0.3, -0.25) is 15.0 Å². The molecule has 0 radical (unpaired) electrons. The average Bonchev–Trinajstić information content (AvgIpc) is 3.91. The van der Waals surface area contributed by atoms with Gasteiger partial charge in [-0.15, -0.1) is 0 Å². The second kappa shape index (κ2) is 21.3. The van der Waals surface area contributed by atoms with Crippen molar-refractivity contribution in [3.05, 3.63) is 130 Å². The number of nitrogens with two attached hydrogens (primary N) is 1. The van der Waals surface area contributed by atoms with E-state index in [1.807, 2.05) is 49.8 Å². The van der Waals surface area contributed by atoms with E-state index in [1.165, 1.54) is 71.9 Å². The molecule has 1 aromatic heterocycles. The molecule has 0 spiro atoms. The van der Waals surface area contributed by atoms with E-state index >= 15 is 0 Å². The van der Waals surface area contributed by atoms with Crippen LogP contribution in [0.25, 0.3) is 10.9 Å². The number of methoxy groups -OCH3 is 1. The summed E-state index contributed by atoms with van der Waals surface area (Å²) < 4.78 is 10.4. The van der Waals surface area contributed by atoms with Crippen LogP contribution in [0, 0.1) is 5.92 Å². The largest absolute Gasteiger partial charge is 0.497 e. The van der Waals surface area contributed by atoms with Crippen molar-refractivity contribution in [3.8, 4) is 5.75 Å². The lowest BCUT2D eigenvalue weighted by Gasteiger charge is -2.21. The highest BCUT2D eigenvalue weighted by Crippen LogP contribution is 2.30. The Morgan fingerprint density at radius 1 is 0.862 bits per heavy atom. The van der Waals surface area contributed by atoms with E-state index in [2.05, 4.69) is 68.8 Å². The van der Waals surface area contributed by atoms with Gasteiger partial charge in [0.15, 0.2) is 0 Å². The Morgan fingerprint density at radius 2 is 1.52 bits per heavy atom. The third-order valence-electron chi connectivity index (χ3n) is 10.6. The molecule has 3 heterocycles. The fourth-order valence-electron chi connectivity index (χ4n) is 7.39. The van der Waals surface area contributed by atoms with Crippen molar-refractivity contribution >= 4 is 57.8 Å². The summed E-state index contributed by atoms with van der Waals surface area (Å²) in [7, 11) is 5.57. The summed E-state index contributed by atoms with van der Waals surface area (Å²) in [5.41, 5.74) is 16.5. The number of benzene rings is 4. The van der Waals surface area contributed by atoms with Crippen LogP contribution in [0.3, 0.4) is 0 Å². The second-order valence-corrected chi connectivity index (χ2v) is 16.0.